The fourth-order valence-corrected chi connectivity index (χ4v) is 3.42. The number of rotatable bonds is 3. The first kappa shape index (κ1) is 13.1. The van der Waals surface area contributed by atoms with Crippen molar-refractivity contribution in [2.24, 2.45) is 0 Å². The summed E-state index contributed by atoms with van der Waals surface area (Å²) in [5.74, 6) is -1.36. The second-order valence-corrected chi connectivity index (χ2v) is 6.90. The molecule has 7 heteroatoms. The Morgan fingerprint density at radius 3 is 2.72 bits per heavy atom. The normalized spacial score (nSPS) is 11.7. The van der Waals surface area contributed by atoms with Crippen molar-refractivity contribution in [1.29, 1.82) is 0 Å². The smallest absolute Gasteiger partial charge is 0.153 e. The first-order valence-corrected chi connectivity index (χ1v) is 7.87. The van der Waals surface area contributed by atoms with Crippen LogP contribution in [0.15, 0.2) is 23.6 Å². The predicted octanol–water partition coefficient (Wildman–Crippen LogP) is 2.63. The Morgan fingerprint density at radius 1 is 1.33 bits per heavy atom. The Morgan fingerprint density at radius 2 is 2.06 bits per heavy atom. The van der Waals surface area contributed by atoms with Gasteiger partial charge in [0, 0.05) is 17.2 Å². The third-order valence-electron chi connectivity index (χ3n) is 2.14. The Balaban J connectivity index is 2.38. The standard InChI is InChI=1S/C11H9F2NO2S2/c1-18(15,16)6-11-14-10(5-17-11)8-4-7(12)2-3-9(8)13/h2-5H,6H2,1H3. The quantitative estimate of drug-likeness (QED) is 0.872. The van der Waals surface area contributed by atoms with Gasteiger partial charge in [0.2, 0.25) is 0 Å². The lowest BCUT2D eigenvalue weighted by atomic mass is 10.1. The number of benzene rings is 1. The number of halogens is 2. The molecule has 0 unspecified atom stereocenters. The summed E-state index contributed by atoms with van der Waals surface area (Å²) in [6.45, 7) is 0. The second kappa shape index (κ2) is 4.74. The van der Waals surface area contributed by atoms with Crippen LogP contribution in [0.5, 0.6) is 0 Å². The molecule has 18 heavy (non-hydrogen) atoms. The van der Waals surface area contributed by atoms with Gasteiger partial charge in [-0.2, -0.15) is 0 Å². The highest BCUT2D eigenvalue weighted by atomic mass is 32.2. The maximum absolute atomic E-state index is 13.5. The highest BCUT2D eigenvalue weighted by molar-refractivity contribution is 7.90. The molecular weight excluding hydrogens is 280 g/mol. The van der Waals surface area contributed by atoms with Gasteiger partial charge in [-0.15, -0.1) is 11.3 Å². The fourth-order valence-electron chi connectivity index (χ4n) is 1.42. The molecule has 0 fully saturated rings. The maximum atomic E-state index is 13.5. The largest absolute Gasteiger partial charge is 0.240 e. The zero-order valence-corrected chi connectivity index (χ0v) is 11.0. The van der Waals surface area contributed by atoms with E-state index in [0.29, 0.717) is 5.01 Å². The lowest BCUT2D eigenvalue weighted by Gasteiger charge is -1.99. The van der Waals surface area contributed by atoms with E-state index in [2.05, 4.69) is 4.98 Å². The van der Waals surface area contributed by atoms with Gasteiger partial charge in [0.15, 0.2) is 9.84 Å². The monoisotopic (exact) mass is 289 g/mol. The van der Waals surface area contributed by atoms with Gasteiger partial charge in [0.25, 0.3) is 0 Å². The van der Waals surface area contributed by atoms with Crippen molar-refractivity contribution in [2.45, 2.75) is 5.75 Å². The summed E-state index contributed by atoms with van der Waals surface area (Å²) in [7, 11) is -3.18. The molecule has 1 aromatic heterocycles. The van der Waals surface area contributed by atoms with Crippen molar-refractivity contribution in [1.82, 2.24) is 4.98 Å². The summed E-state index contributed by atoms with van der Waals surface area (Å²) in [6.07, 6.45) is 1.09. The number of sulfone groups is 1. The molecule has 3 nitrogen and oxygen atoms in total. The van der Waals surface area contributed by atoms with Crippen LogP contribution >= 0.6 is 11.3 Å². The van der Waals surface area contributed by atoms with E-state index in [1.807, 2.05) is 0 Å². The van der Waals surface area contributed by atoms with Crippen molar-refractivity contribution in [2.75, 3.05) is 6.26 Å². The molecule has 0 aliphatic rings. The van der Waals surface area contributed by atoms with Gasteiger partial charge in [0.1, 0.15) is 22.4 Å². The minimum absolute atomic E-state index is 0.0333. The van der Waals surface area contributed by atoms with Crippen LogP contribution in [0.4, 0.5) is 8.78 Å². The zero-order chi connectivity index (χ0) is 13.3. The molecule has 96 valence electrons. The molecule has 1 heterocycles. The van der Waals surface area contributed by atoms with E-state index in [1.54, 1.807) is 0 Å². The zero-order valence-electron chi connectivity index (χ0n) is 9.35. The van der Waals surface area contributed by atoms with Gasteiger partial charge in [-0.25, -0.2) is 22.2 Å². The second-order valence-electron chi connectivity index (χ2n) is 3.82. The van der Waals surface area contributed by atoms with E-state index in [9.17, 15) is 17.2 Å². The van der Waals surface area contributed by atoms with Crippen molar-refractivity contribution < 1.29 is 17.2 Å². The van der Waals surface area contributed by atoms with Gasteiger partial charge >= 0.3 is 0 Å². The topological polar surface area (TPSA) is 47.0 Å². The summed E-state index contributed by atoms with van der Waals surface area (Å²) in [6, 6.07) is 3.07. The molecule has 2 aromatic rings. The van der Waals surface area contributed by atoms with E-state index in [0.717, 1.165) is 35.8 Å². The van der Waals surface area contributed by atoms with Crippen LogP contribution in [-0.4, -0.2) is 19.7 Å². The van der Waals surface area contributed by atoms with E-state index in [4.69, 9.17) is 0 Å². The number of hydrogen-bond acceptors (Lipinski definition) is 4. The van der Waals surface area contributed by atoms with Crippen LogP contribution in [0.2, 0.25) is 0 Å². The summed E-state index contributed by atoms with van der Waals surface area (Å²) >= 11 is 1.11. The Kier molecular flexibility index (Phi) is 3.45. The molecule has 0 aliphatic carbocycles. The van der Waals surface area contributed by atoms with Crippen LogP contribution in [0, 0.1) is 11.6 Å². The fraction of sp³-hybridized carbons (Fsp3) is 0.182. The van der Waals surface area contributed by atoms with E-state index in [-0.39, 0.29) is 17.0 Å². The molecule has 0 amide bonds. The molecule has 0 saturated heterocycles. The van der Waals surface area contributed by atoms with Gasteiger partial charge < -0.3 is 0 Å². The predicted molar refractivity (Wildman–Crippen MR) is 66.0 cm³/mol. The summed E-state index contributed by atoms with van der Waals surface area (Å²) in [4.78, 5) is 4.00. The highest BCUT2D eigenvalue weighted by Gasteiger charge is 2.13. The molecule has 0 atom stereocenters. The van der Waals surface area contributed by atoms with Crippen molar-refractivity contribution >= 4 is 21.2 Å². The van der Waals surface area contributed by atoms with Crippen molar-refractivity contribution in [3.8, 4) is 11.3 Å². The number of nitrogens with zero attached hydrogens (tertiary/aromatic N) is 1. The first-order valence-electron chi connectivity index (χ1n) is 4.93. The summed E-state index contributed by atoms with van der Waals surface area (Å²) in [5.41, 5.74) is 0.279. The van der Waals surface area contributed by atoms with Crippen LogP contribution < -0.4 is 0 Å². The molecule has 0 saturated carbocycles. The third-order valence-corrected chi connectivity index (χ3v) is 3.97. The van der Waals surface area contributed by atoms with Crippen LogP contribution in [0.1, 0.15) is 5.01 Å². The summed E-state index contributed by atoms with van der Waals surface area (Å²) < 4.78 is 48.7. The first-order chi connectivity index (χ1) is 8.35. The van der Waals surface area contributed by atoms with Gasteiger partial charge in [-0.1, -0.05) is 0 Å². The lowest BCUT2D eigenvalue weighted by molar-refractivity contribution is 0.600. The van der Waals surface area contributed by atoms with Crippen LogP contribution in [0.3, 0.4) is 0 Å². The molecule has 0 radical (unpaired) electrons. The molecular formula is C11H9F2NO2S2. The van der Waals surface area contributed by atoms with Crippen molar-refractivity contribution in [3.05, 3.63) is 40.2 Å². The average molecular weight is 289 g/mol. The molecule has 0 spiro atoms. The van der Waals surface area contributed by atoms with E-state index < -0.39 is 21.5 Å². The number of hydrogen-bond donors (Lipinski definition) is 0. The number of aromatic nitrogens is 1. The van der Waals surface area contributed by atoms with Crippen LogP contribution in [0.25, 0.3) is 11.3 Å². The van der Waals surface area contributed by atoms with Crippen molar-refractivity contribution in [3.63, 3.8) is 0 Å². The summed E-state index contributed by atoms with van der Waals surface area (Å²) in [5, 5.41) is 1.87. The SMILES string of the molecule is CS(=O)(=O)Cc1nc(-c2cc(F)ccc2F)cs1. The molecule has 0 N–H and O–H groups in total. The molecule has 0 aliphatic heterocycles. The third kappa shape index (κ3) is 3.11. The Labute approximate surface area is 107 Å². The van der Waals surface area contributed by atoms with Gasteiger partial charge in [-0.05, 0) is 18.2 Å². The van der Waals surface area contributed by atoms with E-state index in [1.165, 1.54) is 5.38 Å². The maximum Gasteiger partial charge on any atom is 0.153 e. The highest BCUT2D eigenvalue weighted by Crippen LogP contribution is 2.26. The Bertz CT molecular complexity index is 680. The minimum Gasteiger partial charge on any atom is -0.240 e. The number of thiazole rings is 1. The lowest BCUT2D eigenvalue weighted by Crippen LogP contribution is -2.00. The molecule has 1 aromatic carbocycles. The minimum atomic E-state index is -3.18. The van der Waals surface area contributed by atoms with Gasteiger partial charge in [-0.3, -0.25) is 0 Å². The van der Waals surface area contributed by atoms with E-state index >= 15 is 0 Å². The Hall–Kier alpha value is -1.34. The average Bonchev–Trinajstić information content (AvgIpc) is 2.67. The molecule has 2 rings (SSSR count). The van der Waals surface area contributed by atoms with Gasteiger partial charge in [0.05, 0.1) is 5.69 Å². The van der Waals surface area contributed by atoms with Crippen LogP contribution in [-0.2, 0) is 15.6 Å². The molecule has 0 bridgehead atoms.